The zero-order valence-electron chi connectivity index (χ0n) is 11.3. The van der Waals surface area contributed by atoms with E-state index in [1.807, 2.05) is 24.3 Å². The summed E-state index contributed by atoms with van der Waals surface area (Å²) in [7, 11) is -1.57. The molecule has 0 saturated carbocycles. The van der Waals surface area contributed by atoms with Gasteiger partial charge in [-0.3, -0.25) is 0 Å². The predicted octanol–water partition coefficient (Wildman–Crippen LogP) is 3.95. The Balaban J connectivity index is 2.32. The van der Waals surface area contributed by atoms with Crippen molar-refractivity contribution in [3.63, 3.8) is 0 Å². The van der Waals surface area contributed by atoms with Crippen LogP contribution in [-0.4, -0.2) is 19.7 Å². The molecule has 1 aromatic carbocycles. The number of aliphatic hydroxyl groups is 1. The summed E-state index contributed by atoms with van der Waals surface area (Å²) in [5.74, 6) is 0.0470. The van der Waals surface area contributed by atoms with E-state index < -0.39 is 7.47 Å². The van der Waals surface area contributed by atoms with E-state index in [1.54, 1.807) is 12.1 Å². The highest BCUT2D eigenvalue weighted by Gasteiger charge is 2.21. The molecule has 1 N–H and O–H groups in total. The summed E-state index contributed by atoms with van der Waals surface area (Å²) >= 11 is 0. The average Bonchev–Trinajstić information content (AvgIpc) is 2.97. The third-order valence-corrected chi connectivity index (χ3v) is 2.80. The number of halogens is 2. The Hall–Kier alpha value is -2.50. The van der Waals surface area contributed by atoms with Gasteiger partial charge in [0.1, 0.15) is 17.3 Å². The Morgan fingerprint density at radius 1 is 1.24 bits per heavy atom. The van der Waals surface area contributed by atoms with Gasteiger partial charge in [0.15, 0.2) is 0 Å². The maximum Gasteiger partial charge on any atom is 0.796 e. The fraction of sp³-hybridized carbons (Fsp3) is 0.0667. The minimum Gasteiger partial charge on any atom is -0.507 e. The average molecular weight is 290 g/mol. The highest BCUT2D eigenvalue weighted by Crippen LogP contribution is 2.30. The second-order valence-corrected chi connectivity index (χ2v) is 4.18. The quantitative estimate of drug-likeness (QED) is 0.659. The van der Waals surface area contributed by atoms with E-state index in [2.05, 4.69) is 4.65 Å². The van der Waals surface area contributed by atoms with Crippen LogP contribution in [0.5, 0.6) is 11.5 Å². The summed E-state index contributed by atoms with van der Waals surface area (Å²) in [6, 6.07) is 4.32. The van der Waals surface area contributed by atoms with Gasteiger partial charge < -0.3 is 14.5 Å². The molecule has 0 unspecified atom stereocenters. The Morgan fingerprint density at radius 2 is 1.95 bits per heavy atom. The molecule has 1 aliphatic carbocycles. The van der Waals surface area contributed by atoms with Gasteiger partial charge in [0.2, 0.25) is 0 Å². The van der Waals surface area contributed by atoms with E-state index in [-0.39, 0.29) is 17.1 Å². The second-order valence-electron chi connectivity index (χ2n) is 4.18. The van der Waals surface area contributed by atoms with Gasteiger partial charge in [0, 0.05) is 6.07 Å². The SMILES string of the molecule is COc1ccc(/C(O)=C/C=C2C=CC=C2)c(OB(F)F)c1. The number of aliphatic hydroxyl groups excluding tert-OH is 1. The first-order valence-electron chi connectivity index (χ1n) is 6.19. The summed E-state index contributed by atoms with van der Waals surface area (Å²) in [5, 5.41) is 10.0. The van der Waals surface area contributed by atoms with Crippen LogP contribution in [0.1, 0.15) is 5.56 Å². The Morgan fingerprint density at radius 3 is 2.57 bits per heavy atom. The van der Waals surface area contributed by atoms with Gasteiger partial charge in [-0.1, -0.05) is 30.4 Å². The minimum absolute atomic E-state index is 0.144. The molecule has 2 rings (SSSR count). The lowest BCUT2D eigenvalue weighted by Gasteiger charge is -2.11. The highest BCUT2D eigenvalue weighted by molar-refractivity contribution is 6.35. The molecule has 21 heavy (non-hydrogen) atoms. The van der Waals surface area contributed by atoms with Crippen LogP contribution in [0.3, 0.4) is 0 Å². The second kappa shape index (κ2) is 6.79. The lowest BCUT2D eigenvalue weighted by atomic mass is 10.1. The number of benzene rings is 1. The maximum absolute atomic E-state index is 12.4. The van der Waals surface area contributed by atoms with Gasteiger partial charge in [-0.2, -0.15) is 0 Å². The monoisotopic (exact) mass is 290 g/mol. The van der Waals surface area contributed by atoms with Gasteiger partial charge in [0.25, 0.3) is 0 Å². The molecule has 0 fully saturated rings. The van der Waals surface area contributed by atoms with Crippen LogP contribution in [0, 0.1) is 0 Å². The van der Waals surface area contributed by atoms with E-state index in [4.69, 9.17) is 4.74 Å². The first kappa shape index (κ1) is 14.9. The molecule has 0 atom stereocenters. The lowest BCUT2D eigenvalue weighted by molar-refractivity contribution is 0.401. The van der Waals surface area contributed by atoms with Crippen molar-refractivity contribution < 1.29 is 23.1 Å². The summed E-state index contributed by atoms with van der Waals surface area (Å²) in [6.07, 6.45) is 10.5. The van der Waals surface area contributed by atoms with Crippen molar-refractivity contribution >= 4 is 13.2 Å². The van der Waals surface area contributed by atoms with Crippen molar-refractivity contribution in [1.82, 2.24) is 0 Å². The van der Waals surface area contributed by atoms with Crippen LogP contribution in [-0.2, 0) is 0 Å². The van der Waals surface area contributed by atoms with Gasteiger partial charge in [-0.05, 0) is 23.8 Å². The van der Waals surface area contributed by atoms with Crippen molar-refractivity contribution in [3.05, 3.63) is 65.8 Å². The molecular formula is C15H13BF2O3. The molecule has 0 amide bonds. The van der Waals surface area contributed by atoms with Gasteiger partial charge >= 0.3 is 7.47 Å². The van der Waals surface area contributed by atoms with Crippen LogP contribution in [0.15, 0.2) is 60.2 Å². The van der Waals surface area contributed by atoms with E-state index in [9.17, 15) is 13.7 Å². The first-order chi connectivity index (χ1) is 10.1. The zero-order valence-corrected chi connectivity index (χ0v) is 11.3. The molecule has 0 radical (unpaired) electrons. The molecular weight excluding hydrogens is 277 g/mol. The van der Waals surface area contributed by atoms with Gasteiger partial charge in [0.05, 0.1) is 12.7 Å². The van der Waals surface area contributed by atoms with Crippen molar-refractivity contribution in [2.24, 2.45) is 0 Å². The molecule has 1 aromatic rings. The molecule has 0 spiro atoms. The highest BCUT2D eigenvalue weighted by atomic mass is 19.2. The third kappa shape index (κ3) is 3.98. The number of hydrogen-bond acceptors (Lipinski definition) is 3. The van der Waals surface area contributed by atoms with Crippen molar-refractivity contribution in [3.8, 4) is 11.5 Å². The predicted molar refractivity (Wildman–Crippen MR) is 78.6 cm³/mol. The molecule has 1 aliphatic rings. The third-order valence-electron chi connectivity index (χ3n) is 2.80. The van der Waals surface area contributed by atoms with Crippen molar-refractivity contribution in [2.75, 3.05) is 7.11 Å². The van der Waals surface area contributed by atoms with E-state index in [0.29, 0.717) is 5.75 Å². The van der Waals surface area contributed by atoms with Crippen LogP contribution in [0.25, 0.3) is 5.76 Å². The Kier molecular flexibility index (Phi) is 4.82. The first-order valence-corrected chi connectivity index (χ1v) is 6.19. The topological polar surface area (TPSA) is 38.7 Å². The van der Waals surface area contributed by atoms with Crippen molar-refractivity contribution in [1.29, 1.82) is 0 Å². The van der Waals surface area contributed by atoms with Crippen LogP contribution >= 0.6 is 0 Å². The van der Waals surface area contributed by atoms with E-state index in [0.717, 1.165) is 5.57 Å². The molecule has 0 aliphatic heterocycles. The molecule has 108 valence electrons. The van der Waals surface area contributed by atoms with Crippen LogP contribution in [0.4, 0.5) is 8.63 Å². The molecule has 0 aromatic heterocycles. The normalized spacial score (nSPS) is 13.5. The number of rotatable bonds is 5. The summed E-state index contributed by atoms with van der Waals surface area (Å²) in [6.45, 7) is 0. The Bertz CT molecular complexity index is 620. The lowest BCUT2D eigenvalue weighted by Crippen LogP contribution is -2.10. The van der Waals surface area contributed by atoms with E-state index >= 15 is 0 Å². The van der Waals surface area contributed by atoms with Crippen molar-refractivity contribution in [2.45, 2.75) is 0 Å². The molecule has 3 nitrogen and oxygen atoms in total. The number of allylic oxidation sites excluding steroid dienone is 7. The molecule has 0 saturated heterocycles. The van der Waals surface area contributed by atoms with E-state index in [1.165, 1.54) is 25.3 Å². The summed E-state index contributed by atoms with van der Waals surface area (Å²) in [5.41, 5.74) is 1.06. The van der Waals surface area contributed by atoms with Crippen LogP contribution in [0.2, 0.25) is 0 Å². The fourth-order valence-electron chi connectivity index (χ4n) is 1.80. The fourth-order valence-corrected chi connectivity index (χ4v) is 1.80. The Labute approximate surface area is 121 Å². The number of methoxy groups -OCH3 is 1. The molecule has 6 heteroatoms. The standard InChI is InChI=1S/C15H13BF2O3/c1-20-12-7-8-13(15(10-12)21-16(17)18)14(19)9-6-11-4-2-3-5-11/h2-10,19H,1H3/b14-9-. The summed E-state index contributed by atoms with van der Waals surface area (Å²) < 4.78 is 34.2. The number of ether oxygens (including phenoxy) is 1. The minimum atomic E-state index is -2.98. The smallest absolute Gasteiger partial charge is 0.507 e. The largest absolute Gasteiger partial charge is 0.796 e. The zero-order chi connectivity index (χ0) is 15.2. The molecule has 0 heterocycles. The number of hydrogen-bond donors (Lipinski definition) is 1. The maximum atomic E-state index is 12.4. The van der Waals surface area contributed by atoms with Crippen LogP contribution < -0.4 is 9.39 Å². The van der Waals surface area contributed by atoms with Gasteiger partial charge in [-0.25, -0.2) is 8.63 Å². The summed E-state index contributed by atoms with van der Waals surface area (Å²) in [4.78, 5) is 0. The van der Waals surface area contributed by atoms with Gasteiger partial charge in [-0.15, -0.1) is 0 Å². The molecule has 0 bridgehead atoms.